The largest absolute Gasteiger partial charge is 0.393 e. The quantitative estimate of drug-likeness (QED) is 0.774. The fourth-order valence-electron chi connectivity index (χ4n) is 2.79. The molecule has 3 unspecified atom stereocenters. The zero-order valence-electron chi connectivity index (χ0n) is 11.9. The van der Waals surface area contributed by atoms with Gasteiger partial charge in [-0.2, -0.15) is 0 Å². The van der Waals surface area contributed by atoms with E-state index in [0.29, 0.717) is 13.0 Å². The van der Waals surface area contributed by atoms with Crippen LogP contribution < -0.4 is 5.73 Å². The van der Waals surface area contributed by atoms with Crippen molar-refractivity contribution in [3.63, 3.8) is 0 Å². The molecule has 1 aliphatic rings. The van der Waals surface area contributed by atoms with Gasteiger partial charge in [-0.3, -0.25) is 0 Å². The molecule has 1 aromatic carbocycles. The Morgan fingerprint density at radius 1 is 1.30 bits per heavy atom. The Balaban J connectivity index is 2.03. The van der Waals surface area contributed by atoms with Gasteiger partial charge in [0.05, 0.1) is 12.2 Å². The van der Waals surface area contributed by atoms with Gasteiger partial charge >= 0.3 is 0 Å². The number of aliphatic hydroxyl groups excluding tert-OH is 2. The van der Waals surface area contributed by atoms with Gasteiger partial charge in [0.25, 0.3) is 0 Å². The predicted octanol–water partition coefficient (Wildman–Crippen LogP) is 2.63. The molecule has 1 aliphatic carbocycles. The van der Waals surface area contributed by atoms with Crippen molar-refractivity contribution in [2.45, 2.75) is 44.3 Å². The van der Waals surface area contributed by atoms with Crippen molar-refractivity contribution in [3.05, 3.63) is 41.5 Å². The second-order valence-corrected chi connectivity index (χ2v) is 5.64. The summed E-state index contributed by atoms with van der Waals surface area (Å²) in [6, 6.07) is 7.88. The van der Waals surface area contributed by atoms with Crippen molar-refractivity contribution in [1.82, 2.24) is 0 Å². The maximum Gasteiger partial charge on any atom is 0.0802 e. The van der Waals surface area contributed by atoms with Crippen molar-refractivity contribution < 1.29 is 10.2 Å². The van der Waals surface area contributed by atoms with Crippen molar-refractivity contribution in [2.75, 3.05) is 6.54 Å². The second-order valence-electron chi connectivity index (χ2n) is 5.64. The molecule has 3 nitrogen and oxygen atoms in total. The van der Waals surface area contributed by atoms with E-state index in [9.17, 15) is 10.2 Å². The molecule has 1 fully saturated rings. The van der Waals surface area contributed by atoms with Crippen molar-refractivity contribution in [3.8, 4) is 0 Å². The van der Waals surface area contributed by atoms with E-state index in [-0.39, 0.29) is 12.0 Å². The lowest BCUT2D eigenvalue weighted by molar-refractivity contribution is 0.0931. The van der Waals surface area contributed by atoms with Crippen molar-refractivity contribution in [2.24, 2.45) is 11.7 Å². The van der Waals surface area contributed by atoms with Gasteiger partial charge in [-0.1, -0.05) is 43.2 Å². The molecular formula is C17H25NO2. The standard InChI is InChI=1S/C17H25NO2/c18-11-10-17(20)15-6-3-4-13(12-15)8-9-14-5-1-2-7-16(14)19/h3-4,6,8-9,12,14,16-17,19-20H,1-2,5,7,10-11,18H2. The number of nitrogens with two attached hydrogens (primary N) is 1. The van der Waals surface area contributed by atoms with E-state index >= 15 is 0 Å². The van der Waals surface area contributed by atoms with Gasteiger partial charge in [0.15, 0.2) is 0 Å². The minimum atomic E-state index is -0.492. The van der Waals surface area contributed by atoms with E-state index in [1.54, 1.807) is 0 Å². The third-order valence-corrected chi connectivity index (χ3v) is 4.05. The van der Waals surface area contributed by atoms with Crippen LogP contribution in [0, 0.1) is 5.92 Å². The summed E-state index contributed by atoms with van der Waals surface area (Å²) in [5, 5.41) is 19.9. The molecule has 1 saturated carbocycles. The lowest BCUT2D eigenvalue weighted by atomic mass is 9.86. The highest BCUT2D eigenvalue weighted by molar-refractivity contribution is 5.51. The molecule has 0 saturated heterocycles. The van der Waals surface area contributed by atoms with Gasteiger partial charge in [0.1, 0.15) is 0 Å². The highest BCUT2D eigenvalue weighted by Crippen LogP contribution is 2.26. The third-order valence-electron chi connectivity index (χ3n) is 4.05. The van der Waals surface area contributed by atoms with Gasteiger partial charge in [-0.25, -0.2) is 0 Å². The molecule has 3 heteroatoms. The smallest absolute Gasteiger partial charge is 0.0802 e. The molecule has 20 heavy (non-hydrogen) atoms. The average molecular weight is 275 g/mol. The van der Waals surface area contributed by atoms with Gasteiger partial charge in [0.2, 0.25) is 0 Å². The first-order valence-corrected chi connectivity index (χ1v) is 7.55. The van der Waals surface area contributed by atoms with Crippen LogP contribution >= 0.6 is 0 Å². The SMILES string of the molecule is NCCC(O)c1cccc(C=CC2CCCCC2O)c1. The number of aliphatic hydroxyl groups is 2. The first-order valence-electron chi connectivity index (χ1n) is 7.55. The normalized spacial score (nSPS) is 24.9. The lowest BCUT2D eigenvalue weighted by Gasteiger charge is -2.24. The van der Waals surface area contributed by atoms with E-state index in [0.717, 1.165) is 30.4 Å². The van der Waals surface area contributed by atoms with Crippen LogP contribution in [-0.2, 0) is 0 Å². The van der Waals surface area contributed by atoms with Crippen LogP contribution in [0.2, 0.25) is 0 Å². The summed E-state index contributed by atoms with van der Waals surface area (Å²) in [6.07, 6.45) is 8.34. The first kappa shape index (κ1) is 15.2. The molecule has 0 amide bonds. The van der Waals surface area contributed by atoms with Gasteiger partial charge in [-0.05, 0) is 43.0 Å². The number of hydrogen-bond donors (Lipinski definition) is 3. The Morgan fingerprint density at radius 2 is 2.10 bits per heavy atom. The molecule has 4 N–H and O–H groups in total. The lowest BCUT2D eigenvalue weighted by Crippen LogP contribution is -2.22. The summed E-state index contributed by atoms with van der Waals surface area (Å²) in [7, 11) is 0. The molecule has 2 rings (SSSR count). The number of benzene rings is 1. The molecule has 110 valence electrons. The maximum absolute atomic E-state index is 9.96. The predicted molar refractivity (Wildman–Crippen MR) is 82.1 cm³/mol. The van der Waals surface area contributed by atoms with Crippen LogP contribution in [0.25, 0.3) is 6.08 Å². The molecule has 3 atom stereocenters. The van der Waals surface area contributed by atoms with E-state index in [1.807, 2.05) is 24.3 Å². The van der Waals surface area contributed by atoms with Gasteiger partial charge < -0.3 is 15.9 Å². The Morgan fingerprint density at radius 3 is 2.85 bits per heavy atom. The van der Waals surface area contributed by atoms with Crippen LogP contribution in [-0.4, -0.2) is 22.9 Å². The fourth-order valence-corrected chi connectivity index (χ4v) is 2.79. The summed E-state index contributed by atoms with van der Waals surface area (Å²) < 4.78 is 0. The van der Waals surface area contributed by atoms with Crippen LogP contribution in [0.1, 0.15) is 49.3 Å². The zero-order valence-corrected chi connectivity index (χ0v) is 11.9. The Hall–Kier alpha value is -1.16. The summed E-state index contributed by atoms with van der Waals surface area (Å²) in [4.78, 5) is 0. The minimum Gasteiger partial charge on any atom is -0.393 e. The van der Waals surface area contributed by atoms with E-state index in [1.165, 1.54) is 6.42 Å². The van der Waals surface area contributed by atoms with E-state index in [4.69, 9.17) is 5.73 Å². The average Bonchev–Trinajstić information content (AvgIpc) is 2.47. The van der Waals surface area contributed by atoms with E-state index < -0.39 is 6.10 Å². The van der Waals surface area contributed by atoms with Crippen LogP contribution in [0.4, 0.5) is 0 Å². The molecule has 0 bridgehead atoms. The number of hydrogen-bond acceptors (Lipinski definition) is 3. The molecule has 0 radical (unpaired) electrons. The van der Waals surface area contributed by atoms with Gasteiger partial charge in [-0.15, -0.1) is 0 Å². The summed E-state index contributed by atoms with van der Waals surface area (Å²) >= 11 is 0. The first-order chi connectivity index (χ1) is 9.70. The Bertz CT molecular complexity index is 444. The monoisotopic (exact) mass is 275 g/mol. The Labute approximate surface area is 121 Å². The van der Waals surface area contributed by atoms with Crippen LogP contribution in [0.3, 0.4) is 0 Å². The minimum absolute atomic E-state index is 0.203. The number of rotatable bonds is 5. The summed E-state index contributed by atoms with van der Waals surface area (Å²) in [5.74, 6) is 0.265. The zero-order chi connectivity index (χ0) is 14.4. The Kier molecular flexibility index (Phi) is 5.77. The van der Waals surface area contributed by atoms with Crippen molar-refractivity contribution in [1.29, 1.82) is 0 Å². The highest BCUT2D eigenvalue weighted by atomic mass is 16.3. The fraction of sp³-hybridized carbons (Fsp3) is 0.529. The second kappa shape index (κ2) is 7.58. The third kappa shape index (κ3) is 4.17. The molecule has 0 aromatic heterocycles. The molecule has 0 heterocycles. The van der Waals surface area contributed by atoms with Crippen LogP contribution in [0.15, 0.2) is 30.3 Å². The molecule has 0 spiro atoms. The van der Waals surface area contributed by atoms with Gasteiger partial charge in [0, 0.05) is 5.92 Å². The molecular weight excluding hydrogens is 250 g/mol. The highest BCUT2D eigenvalue weighted by Gasteiger charge is 2.20. The van der Waals surface area contributed by atoms with E-state index in [2.05, 4.69) is 12.2 Å². The van der Waals surface area contributed by atoms with Crippen LogP contribution in [0.5, 0.6) is 0 Å². The summed E-state index contributed by atoms with van der Waals surface area (Å²) in [6.45, 7) is 0.482. The maximum atomic E-state index is 9.96. The molecule has 0 aliphatic heterocycles. The summed E-state index contributed by atoms with van der Waals surface area (Å²) in [5.41, 5.74) is 7.45. The topological polar surface area (TPSA) is 66.5 Å². The van der Waals surface area contributed by atoms with Crippen molar-refractivity contribution >= 4 is 6.08 Å². The molecule has 1 aromatic rings.